The van der Waals surface area contributed by atoms with E-state index in [9.17, 15) is 13.0 Å². The Labute approximate surface area is 158 Å². The van der Waals surface area contributed by atoms with Gasteiger partial charge in [-0.1, -0.05) is 0 Å². The Morgan fingerprint density at radius 3 is 2.92 bits per heavy atom. The molecule has 0 saturated carbocycles. The van der Waals surface area contributed by atoms with Crippen LogP contribution in [0.4, 0.5) is 8.78 Å². The Hall–Kier alpha value is -2.75. The van der Waals surface area contributed by atoms with Gasteiger partial charge in [-0.3, -0.25) is 9.19 Å². The lowest BCUT2D eigenvalue weighted by molar-refractivity contribution is -0.0497. The molecule has 0 amide bonds. The van der Waals surface area contributed by atoms with Crippen LogP contribution in [0.1, 0.15) is 13.9 Å². The second-order valence-corrected chi connectivity index (χ2v) is 6.24. The molecule has 0 aliphatic carbocycles. The van der Waals surface area contributed by atoms with Crippen molar-refractivity contribution in [1.82, 2.24) is 15.0 Å². The first-order chi connectivity index (χ1) is 14.8. The molecule has 1 aromatic carbocycles. The lowest BCUT2D eigenvalue weighted by atomic mass is 10.3. The van der Waals surface area contributed by atoms with E-state index in [2.05, 4.69) is 19.7 Å². The number of pyridine rings is 1. The van der Waals surface area contributed by atoms with Gasteiger partial charge in [0.2, 0.25) is 0 Å². The number of ether oxygens (including phenoxy) is 3. The number of aromatic amines is 1. The van der Waals surface area contributed by atoms with Crippen molar-refractivity contribution in [1.29, 1.82) is 0 Å². The number of aromatic nitrogens is 3. The van der Waals surface area contributed by atoms with E-state index in [4.69, 9.17) is 17.7 Å². The summed E-state index contributed by atoms with van der Waals surface area (Å²) in [7, 11) is -7.80. The van der Waals surface area contributed by atoms with Gasteiger partial charge >= 0.3 is 6.61 Å². The largest absolute Gasteiger partial charge is 0.493 e. The van der Waals surface area contributed by atoms with E-state index in [0.717, 1.165) is 12.3 Å². The molecule has 1 N–H and O–H groups in total. The molecular formula is C16H15F2N3O4S. The van der Waals surface area contributed by atoms with Crippen LogP contribution in [0.3, 0.4) is 0 Å². The number of benzene rings is 1. The van der Waals surface area contributed by atoms with Gasteiger partial charge in [-0.15, -0.1) is 0 Å². The fourth-order valence-electron chi connectivity index (χ4n) is 2.21. The number of nitrogens with one attached hydrogen (secondary N) is 1. The monoisotopic (exact) mass is 389 g/mol. The van der Waals surface area contributed by atoms with Gasteiger partial charge in [0.05, 0.1) is 55.6 Å². The van der Waals surface area contributed by atoms with Crippen LogP contribution in [0.15, 0.2) is 35.6 Å². The molecule has 0 aliphatic heterocycles. The molecule has 138 valence electrons. The third-order valence-corrected chi connectivity index (χ3v) is 4.45. The molecular weight excluding hydrogens is 368 g/mol. The van der Waals surface area contributed by atoms with Crippen molar-refractivity contribution in [2.45, 2.75) is 17.5 Å². The molecule has 0 spiro atoms. The van der Waals surface area contributed by atoms with Crippen molar-refractivity contribution in [2.75, 3.05) is 14.1 Å². The number of imidazole rings is 1. The van der Waals surface area contributed by atoms with Crippen LogP contribution in [0.5, 0.6) is 17.2 Å². The minimum absolute atomic E-state index is 0.0574. The topological polar surface area (TPSA) is 86.3 Å². The SMILES string of the molecule is [2H]C([2H])([2H])Oc1ccnc(C[S@@](=O)c2nc3ccc(OC(F)F)cc3[nH]2)c1OC([2H])([2H])[2H]. The second-order valence-electron chi connectivity index (χ2n) is 4.88. The van der Waals surface area contributed by atoms with Crippen LogP contribution in [0, 0.1) is 0 Å². The first-order valence-electron chi connectivity index (χ1n) is 9.99. The molecule has 2 heterocycles. The van der Waals surface area contributed by atoms with Crippen LogP contribution < -0.4 is 14.2 Å². The van der Waals surface area contributed by atoms with Crippen LogP contribution in [0.2, 0.25) is 0 Å². The number of rotatable bonds is 7. The number of nitrogens with zero attached hydrogens (tertiary/aromatic N) is 2. The summed E-state index contributed by atoms with van der Waals surface area (Å²) < 4.78 is 95.2. The molecule has 0 aliphatic rings. The Balaban J connectivity index is 1.91. The average molecular weight is 389 g/mol. The van der Waals surface area contributed by atoms with Crippen LogP contribution in [-0.4, -0.2) is 39.8 Å². The van der Waals surface area contributed by atoms with Gasteiger partial charge in [0.25, 0.3) is 0 Å². The predicted molar refractivity (Wildman–Crippen MR) is 90.2 cm³/mol. The highest BCUT2D eigenvalue weighted by molar-refractivity contribution is 7.84. The van der Waals surface area contributed by atoms with E-state index in [1.807, 2.05) is 0 Å². The van der Waals surface area contributed by atoms with E-state index in [1.54, 1.807) is 0 Å². The summed E-state index contributed by atoms with van der Waals surface area (Å²) in [4.78, 5) is 10.8. The Kier molecular flexibility index (Phi) is 3.47. The van der Waals surface area contributed by atoms with E-state index >= 15 is 0 Å². The molecule has 26 heavy (non-hydrogen) atoms. The first-order valence-corrected chi connectivity index (χ1v) is 8.31. The lowest BCUT2D eigenvalue weighted by Gasteiger charge is -2.10. The standard InChI is InChI=1S/C16H15F2N3O4S/c1-23-13-5-6-19-12(14(13)24-2)8-26(22)16-20-10-4-3-9(25-15(17)18)7-11(10)21-16/h3-7,15H,8H2,1-2H3,(H,20,21)/t26-/m1/s1/i1D3,2D3. The fraction of sp³-hybridized carbons (Fsp3) is 0.250. The molecule has 3 aromatic rings. The van der Waals surface area contributed by atoms with E-state index < -0.39 is 48.7 Å². The zero-order chi connectivity index (χ0) is 23.7. The van der Waals surface area contributed by atoms with Gasteiger partial charge in [0.15, 0.2) is 16.7 Å². The molecule has 0 radical (unpaired) electrons. The normalized spacial score (nSPS) is 16.7. The molecule has 0 bridgehead atoms. The third kappa shape index (κ3) is 3.74. The van der Waals surface area contributed by atoms with Crippen LogP contribution in [-0.2, 0) is 16.6 Å². The van der Waals surface area contributed by atoms with Crippen molar-refractivity contribution >= 4 is 21.8 Å². The highest BCUT2D eigenvalue weighted by Crippen LogP contribution is 2.30. The maximum absolute atomic E-state index is 12.8. The van der Waals surface area contributed by atoms with E-state index in [-0.39, 0.29) is 22.1 Å². The summed E-state index contributed by atoms with van der Waals surface area (Å²) in [6, 6.07) is 5.00. The minimum atomic E-state index is -3.02. The molecule has 2 aromatic heterocycles. The summed E-state index contributed by atoms with van der Waals surface area (Å²) in [6.45, 7) is -3.02. The number of H-pyrrole nitrogens is 1. The quantitative estimate of drug-likeness (QED) is 0.669. The lowest BCUT2D eigenvalue weighted by Crippen LogP contribution is -2.04. The molecule has 3 rings (SSSR count). The van der Waals surface area contributed by atoms with Crippen molar-refractivity contribution in [3.05, 3.63) is 36.2 Å². The van der Waals surface area contributed by atoms with Crippen molar-refractivity contribution in [2.24, 2.45) is 0 Å². The Morgan fingerprint density at radius 2 is 2.15 bits per heavy atom. The number of methoxy groups -OCH3 is 2. The third-order valence-electron chi connectivity index (χ3n) is 3.29. The Bertz CT molecular complexity index is 1140. The zero-order valence-electron chi connectivity index (χ0n) is 18.9. The highest BCUT2D eigenvalue weighted by Gasteiger charge is 2.17. The summed E-state index contributed by atoms with van der Waals surface area (Å²) in [6.07, 6.45) is 1.15. The van der Waals surface area contributed by atoms with Gasteiger partial charge in [-0.05, 0) is 12.1 Å². The van der Waals surface area contributed by atoms with Gasteiger partial charge in [0.1, 0.15) is 5.75 Å². The molecule has 10 heteroatoms. The van der Waals surface area contributed by atoms with E-state index in [0.29, 0.717) is 5.52 Å². The van der Waals surface area contributed by atoms with Crippen LogP contribution in [0.25, 0.3) is 11.0 Å². The van der Waals surface area contributed by atoms with Crippen molar-refractivity contribution in [3.8, 4) is 17.2 Å². The number of hydrogen-bond acceptors (Lipinski definition) is 6. The summed E-state index contributed by atoms with van der Waals surface area (Å²) in [5, 5.41) is -0.0574. The number of hydrogen-bond donors (Lipinski definition) is 1. The zero-order valence-corrected chi connectivity index (χ0v) is 13.7. The number of alkyl halides is 2. The second kappa shape index (κ2) is 7.65. The van der Waals surface area contributed by atoms with Gasteiger partial charge in [-0.2, -0.15) is 8.78 Å². The summed E-state index contributed by atoms with van der Waals surface area (Å²) in [5.41, 5.74) is 0.447. The Morgan fingerprint density at radius 1 is 1.31 bits per heavy atom. The summed E-state index contributed by atoms with van der Waals surface area (Å²) in [5.74, 6) is -1.45. The van der Waals surface area contributed by atoms with E-state index in [1.165, 1.54) is 18.2 Å². The molecule has 0 unspecified atom stereocenters. The number of fused-ring (bicyclic) bond motifs is 1. The van der Waals surface area contributed by atoms with Gasteiger partial charge in [0, 0.05) is 18.3 Å². The molecule has 0 saturated heterocycles. The number of halogens is 2. The highest BCUT2D eigenvalue weighted by atomic mass is 32.2. The average Bonchev–Trinajstić information content (AvgIpc) is 3.05. The van der Waals surface area contributed by atoms with Crippen molar-refractivity contribution in [3.63, 3.8) is 0 Å². The molecule has 1 atom stereocenters. The first kappa shape index (κ1) is 11.8. The molecule has 0 fully saturated rings. The molecule has 7 nitrogen and oxygen atoms in total. The minimum Gasteiger partial charge on any atom is -0.493 e. The maximum atomic E-state index is 12.8. The maximum Gasteiger partial charge on any atom is 0.387 e. The smallest absolute Gasteiger partial charge is 0.387 e. The predicted octanol–water partition coefficient (Wildman–Crippen LogP) is 2.88. The van der Waals surface area contributed by atoms with Crippen molar-refractivity contribution < 1.29 is 35.4 Å². The fourth-order valence-corrected chi connectivity index (χ4v) is 3.22. The van der Waals surface area contributed by atoms with Gasteiger partial charge in [-0.25, -0.2) is 4.98 Å². The summed E-state index contributed by atoms with van der Waals surface area (Å²) >= 11 is 0. The van der Waals surface area contributed by atoms with Crippen LogP contribution >= 0.6 is 0 Å². The van der Waals surface area contributed by atoms with Gasteiger partial charge < -0.3 is 19.2 Å².